The Morgan fingerprint density at radius 2 is 2.04 bits per heavy atom. The molecule has 0 bridgehead atoms. The molecular formula is C22H30N4O. The van der Waals surface area contributed by atoms with Crippen molar-refractivity contribution in [3.63, 3.8) is 0 Å². The van der Waals surface area contributed by atoms with Gasteiger partial charge in [0.25, 0.3) is 5.91 Å². The summed E-state index contributed by atoms with van der Waals surface area (Å²) in [4.78, 5) is 20.2. The highest BCUT2D eigenvalue weighted by molar-refractivity contribution is 5.94. The summed E-state index contributed by atoms with van der Waals surface area (Å²) in [6, 6.07) is 11.3. The predicted molar refractivity (Wildman–Crippen MR) is 108 cm³/mol. The molecule has 0 saturated heterocycles. The number of hydrogen-bond donors (Lipinski definition) is 1. The molecule has 2 heterocycles. The smallest absolute Gasteiger partial charge is 0.271 e. The van der Waals surface area contributed by atoms with Crippen LogP contribution in [0.5, 0.6) is 0 Å². The summed E-state index contributed by atoms with van der Waals surface area (Å²) in [6.07, 6.45) is 6.97. The van der Waals surface area contributed by atoms with Crippen molar-refractivity contribution < 1.29 is 4.79 Å². The van der Waals surface area contributed by atoms with Gasteiger partial charge in [-0.1, -0.05) is 36.8 Å². The summed E-state index contributed by atoms with van der Waals surface area (Å²) in [7, 11) is 2.16. The lowest BCUT2D eigenvalue weighted by Crippen LogP contribution is -2.41. The molecule has 0 radical (unpaired) electrons. The van der Waals surface area contributed by atoms with Crippen molar-refractivity contribution in [2.75, 3.05) is 13.6 Å². The van der Waals surface area contributed by atoms with Gasteiger partial charge < -0.3 is 9.88 Å². The molecule has 0 spiro atoms. The maximum atomic E-state index is 13.0. The number of fused-ring (bicyclic) bond motifs is 1. The topological polar surface area (TPSA) is 50.2 Å². The maximum absolute atomic E-state index is 13.0. The summed E-state index contributed by atoms with van der Waals surface area (Å²) in [6.45, 7) is 3.79. The Labute approximate surface area is 161 Å². The van der Waals surface area contributed by atoms with Crippen LogP contribution in [0.1, 0.15) is 55.2 Å². The maximum Gasteiger partial charge on any atom is 0.271 e. The Kier molecular flexibility index (Phi) is 5.30. The zero-order chi connectivity index (χ0) is 18.8. The van der Waals surface area contributed by atoms with Crippen LogP contribution >= 0.6 is 0 Å². The van der Waals surface area contributed by atoms with Crippen molar-refractivity contribution in [1.82, 2.24) is 19.8 Å². The van der Waals surface area contributed by atoms with Gasteiger partial charge in [0.1, 0.15) is 11.5 Å². The van der Waals surface area contributed by atoms with E-state index in [0.717, 1.165) is 42.9 Å². The molecule has 1 fully saturated rings. The number of nitrogens with zero attached hydrogens (tertiary/aromatic N) is 3. The van der Waals surface area contributed by atoms with Crippen LogP contribution in [0.4, 0.5) is 0 Å². The first-order chi connectivity index (χ1) is 13.1. The molecule has 1 N–H and O–H groups in total. The van der Waals surface area contributed by atoms with E-state index in [2.05, 4.69) is 40.9 Å². The van der Waals surface area contributed by atoms with E-state index in [1.807, 2.05) is 18.2 Å². The van der Waals surface area contributed by atoms with Gasteiger partial charge in [-0.15, -0.1) is 0 Å². The van der Waals surface area contributed by atoms with Gasteiger partial charge in [-0.25, -0.2) is 4.98 Å². The molecule has 1 aromatic carbocycles. The molecule has 1 aliphatic carbocycles. The number of hydrogen-bond acceptors (Lipinski definition) is 3. The molecule has 5 heteroatoms. The quantitative estimate of drug-likeness (QED) is 0.851. The first-order valence-corrected chi connectivity index (χ1v) is 10.3. The van der Waals surface area contributed by atoms with E-state index in [9.17, 15) is 4.79 Å². The van der Waals surface area contributed by atoms with Gasteiger partial charge in [-0.2, -0.15) is 0 Å². The van der Waals surface area contributed by atoms with Crippen molar-refractivity contribution >= 4 is 5.91 Å². The number of imidazole rings is 1. The van der Waals surface area contributed by atoms with E-state index in [-0.39, 0.29) is 5.91 Å². The summed E-state index contributed by atoms with van der Waals surface area (Å²) in [5, 5.41) is 3.14. The van der Waals surface area contributed by atoms with E-state index in [1.54, 1.807) is 0 Å². The van der Waals surface area contributed by atoms with Crippen LogP contribution in [0.2, 0.25) is 0 Å². The molecule has 1 aliphatic heterocycles. The molecule has 144 valence electrons. The first-order valence-electron chi connectivity index (χ1n) is 10.3. The highest BCUT2D eigenvalue weighted by Gasteiger charge is 2.30. The zero-order valence-electron chi connectivity index (χ0n) is 16.4. The molecule has 2 aromatic rings. The first kappa shape index (κ1) is 18.2. The Morgan fingerprint density at radius 1 is 1.26 bits per heavy atom. The van der Waals surface area contributed by atoms with Gasteiger partial charge >= 0.3 is 0 Å². The van der Waals surface area contributed by atoms with Gasteiger partial charge in [-0.3, -0.25) is 9.69 Å². The van der Waals surface area contributed by atoms with E-state index >= 15 is 0 Å². The second-order valence-corrected chi connectivity index (χ2v) is 8.01. The fraction of sp³-hybridized carbons (Fsp3) is 0.545. The second-order valence-electron chi connectivity index (χ2n) is 8.01. The highest BCUT2D eigenvalue weighted by atomic mass is 16.1. The lowest BCUT2D eigenvalue weighted by atomic mass is 10.1. The minimum Gasteiger partial charge on any atom is -0.349 e. The average Bonchev–Trinajstić information content (AvgIpc) is 3.51. The minimum atomic E-state index is -0.0288. The number of aromatic nitrogens is 2. The van der Waals surface area contributed by atoms with Crippen molar-refractivity contribution in [2.45, 2.75) is 64.1 Å². The third-order valence-corrected chi connectivity index (χ3v) is 5.99. The summed E-state index contributed by atoms with van der Waals surface area (Å²) in [5.74, 6) is 0.902. The van der Waals surface area contributed by atoms with Gasteiger partial charge in [0.05, 0.1) is 5.69 Å². The molecule has 27 heavy (non-hydrogen) atoms. The fourth-order valence-electron chi connectivity index (χ4n) is 4.02. The van der Waals surface area contributed by atoms with Crippen LogP contribution in [0.25, 0.3) is 11.4 Å². The highest BCUT2D eigenvalue weighted by Crippen LogP contribution is 2.28. The van der Waals surface area contributed by atoms with Crippen molar-refractivity contribution in [1.29, 1.82) is 0 Å². The lowest BCUT2D eigenvalue weighted by molar-refractivity contribution is 0.0934. The van der Waals surface area contributed by atoms with E-state index in [1.165, 1.54) is 19.3 Å². The standard InChI is InChI=1S/C22H30N4O/c1-16(25(2)18-12-13-18)15-23-22(27)20-19-11-7-4-8-14-26(19)21(24-20)17-9-5-3-6-10-17/h3,5-6,9-10,16,18H,4,7-8,11-15H2,1-2H3,(H,23,27). The third kappa shape index (κ3) is 3.93. The van der Waals surface area contributed by atoms with Crippen molar-refractivity contribution in [2.24, 2.45) is 0 Å². The molecule has 5 nitrogen and oxygen atoms in total. The van der Waals surface area contributed by atoms with Gasteiger partial charge in [0.2, 0.25) is 0 Å². The number of carbonyl (C=O) groups excluding carboxylic acids is 1. The summed E-state index contributed by atoms with van der Waals surface area (Å²) >= 11 is 0. The SMILES string of the molecule is CC(CNC(=O)c1nc(-c2ccccc2)n2c1CCCCC2)N(C)C1CC1. The molecule has 1 atom stereocenters. The number of amides is 1. The second kappa shape index (κ2) is 7.85. The van der Waals surface area contributed by atoms with Gasteiger partial charge in [0, 0.05) is 30.7 Å². The molecular weight excluding hydrogens is 336 g/mol. The van der Waals surface area contributed by atoms with Crippen LogP contribution in [0, 0.1) is 0 Å². The van der Waals surface area contributed by atoms with Crippen LogP contribution < -0.4 is 5.32 Å². The van der Waals surface area contributed by atoms with Crippen molar-refractivity contribution in [3.8, 4) is 11.4 Å². The summed E-state index contributed by atoms with van der Waals surface area (Å²) in [5.41, 5.74) is 2.81. The zero-order valence-corrected chi connectivity index (χ0v) is 16.4. The molecule has 1 amide bonds. The Bertz CT molecular complexity index is 794. The molecule has 1 unspecified atom stereocenters. The van der Waals surface area contributed by atoms with Crippen LogP contribution in [0.3, 0.4) is 0 Å². The minimum absolute atomic E-state index is 0.0288. The molecule has 4 rings (SSSR count). The number of benzene rings is 1. The number of likely N-dealkylation sites (N-methyl/N-ethyl adjacent to an activating group) is 1. The third-order valence-electron chi connectivity index (χ3n) is 5.99. The van der Waals surface area contributed by atoms with E-state index in [0.29, 0.717) is 24.3 Å². The predicted octanol–water partition coefficient (Wildman–Crippen LogP) is 3.49. The largest absolute Gasteiger partial charge is 0.349 e. The van der Waals surface area contributed by atoms with Gasteiger partial charge in [-0.05, 0) is 46.1 Å². The fourth-order valence-corrected chi connectivity index (χ4v) is 4.02. The lowest BCUT2D eigenvalue weighted by Gasteiger charge is -2.24. The van der Waals surface area contributed by atoms with Crippen LogP contribution in [-0.4, -0.2) is 46.0 Å². The van der Waals surface area contributed by atoms with E-state index < -0.39 is 0 Å². The normalized spacial score (nSPS) is 18.0. The Morgan fingerprint density at radius 3 is 2.78 bits per heavy atom. The average molecular weight is 367 g/mol. The van der Waals surface area contributed by atoms with Crippen molar-refractivity contribution in [3.05, 3.63) is 41.7 Å². The van der Waals surface area contributed by atoms with Crippen LogP contribution in [0.15, 0.2) is 30.3 Å². The Hall–Kier alpha value is -2.14. The van der Waals surface area contributed by atoms with Gasteiger partial charge in [0.15, 0.2) is 0 Å². The Balaban J connectivity index is 1.56. The summed E-state index contributed by atoms with van der Waals surface area (Å²) < 4.78 is 2.27. The molecule has 1 aromatic heterocycles. The molecule has 2 aliphatic rings. The monoisotopic (exact) mass is 366 g/mol. The number of rotatable bonds is 6. The van der Waals surface area contributed by atoms with E-state index in [4.69, 9.17) is 4.98 Å². The van der Waals surface area contributed by atoms with Crippen LogP contribution in [-0.2, 0) is 13.0 Å². The number of carbonyl (C=O) groups is 1. The number of nitrogens with one attached hydrogen (secondary N) is 1. The molecule has 1 saturated carbocycles.